The van der Waals surface area contributed by atoms with Gasteiger partial charge in [-0.05, 0) is 12.1 Å². The number of H-pyrrole nitrogens is 1. The highest BCUT2D eigenvalue weighted by molar-refractivity contribution is 5.97. The molecule has 32 heavy (non-hydrogen) atoms. The summed E-state index contributed by atoms with van der Waals surface area (Å²) >= 11 is 0. The fourth-order valence-electron chi connectivity index (χ4n) is 3.77. The third kappa shape index (κ3) is 3.14. The van der Waals surface area contributed by atoms with Crippen LogP contribution in [0.25, 0.3) is 27.8 Å². The van der Waals surface area contributed by atoms with E-state index in [1.807, 2.05) is 6.07 Å². The molecule has 4 aromatic rings. The first-order valence-corrected chi connectivity index (χ1v) is 9.82. The summed E-state index contributed by atoms with van der Waals surface area (Å²) in [5.74, 6) is -0.0489. The van der Waals surface area contributed by atoms with Crippen molar-refractivity contribution in [2.24, 2.45) is 0 Å². The van der Waals surface area contributed by atoms with Gasteiger partial charge in [0.2, 0.25) is 0 Å². The quantitative estimate of drug-likeness (QED) is 0.498. The van der Waals surface area contributed by atoms with E-state index in [1.54, 1.807) is 12.4 Å². The Kier molecular flexibility index (Phi) is 4.76. The van der Waals surface area contributed by atoms with Gasteiger partial charge < -0.3 is 15.4 Å². The van der Waals surface area contributed by atoms with Crippen molar-refractivity contribution in [3.8, 4) is 23.0 Å². The highest BCUT2D eigenvalue weighted by Gasteiger charge is 2.21. The second kappa shape index (κ2) is 7.75. The van der Waals surface area contributed by atoms with E-state index in [0.29, 0.717) is 48.9 Å². The number of ether oxygens (including phenoxy) is 1. The lowest BCUT2D eigenvalue weighted by Gasteiger charge is -2.27. The maximum Gasteiger partial charge on any atom is 0.268 e. The van der Waals surface area contributed by atoms with Gasteiger partial charge in [-0.1, -0.05) is 6.07 Å². The van der Waals surface area contributed by atoms with Crippen LogP contribution in [0.2, 0.25) is 0 Å². The first-order valence-electron chi connectivity index (χ1n) is 9.82. The minimum Gasteiger partial charge on any atom is -0.382 e. The van der Waals surface area contributed by atoms with E-state index >= 15 is 0 Å². The minimum absolute atomic E-state index is 0.00761. The van der Waals surface area contributed by atoms with Crippen LogP contribution in [0.4, 0.5) is 16.0 Å². The number of nitrogens with two attached hydrogens (primary N) is 1. The number of morpholine rings is 1. The fourth-order valence-corrected chi connectivity index (χ4v) is 3.77. The van der Waals surface area contributed by atoms with Crippen molar-refractivity contribution in [3.05, 3.63) is 58.5 Å². The van der Waals surface area contributed by atoms with E-state index in [4.69, 9.17) is 10.5 Å². The number of halogens is 1. The summed E-state index contributed by atoms with van der Waals surface area (Å²) in [6.07, 6.45) is 4.61. The van der Waals surface area contributed by atoms with Crippen LogP contribution in [-0.2, 0) is 4.74 Å². The smallest absolute Gasteiger partial charge is 0.268 e. The molecule has 0 aliphatic carbocycles. The number of nitriles is 1. The normalized spacial score (nSPS) is 13.9. The maximum absolute atomic E-state index is 14.7. The molecule has 0 spiro atoms. The molecule has 10 nitrogen and oxygen atoms in total. The number of fused-ring (bicyclic) bond motifs is 1. The van der Waals surface area contributed by atoms with Gasteiger partial charge in [-0.25, -0.2) is 9.37 Å². The van der Waals surface area contributed by atoms with Gasteiger partial charge >= 0.3 is 0 Å². The van der Waals surface area contributed by atoms with E-state index < -0.39 is 11.4 Å². The van der Waals surface area contributed by atoms with Crippen molar-refractivity contribution in [1.82, 2.24) is 24.7 Å². The van der Waals surface area contributed by atoms with E-state index in [9.17, 15) is 14.4 Å². The number of nitrogens with zero attached hydrogens (tertiary/aromatic N) is 6. The molecular formula is C21H17FN8O2. The number of pyridine rings is 1. The monoisotopic (exact) mass is 432 g/mol. The largest absolute Gasteiger partial charge is 0.382 e. The Morgan fingerprint density at radius 2 is 2.03 bits per heavy atom. The van der Waals surface area contributed by atoms with Crippen LogP contribution in [-0.4, -0.2) is 51.0 Å². The minimum atomic E-state index is -0.715. The summed E-state index contributed by atoms with van der Waals surface area (Å²) in [5, 5.41) is 16.2. The van der Waals surface area contributed by atoms with Crippen LogP contribution in [0, 0.1) is 17.1 Å². The number of nitrogens with one attached hydrogen (secondary N) is 1. The van der Waals surface area contributed by atoms with Gasteiger partial charge in [0.25, 0.3) is 5.56 Å². The molecule has 4 heterocycles. The molecule has 0 unspecified atom stereocenters. The Bertz CT molecular complexity index is 1410. The summed E-state index contributed by atoms with van der Waals surface area (Å²) in [4.78, 5) is 24.2. The van der Waals surface area contributed by atoms with Crippen LogP contribution in [0.15, 0.2) is 41.6 Å². The Balaban J connectivity index is 1.70. The molecule has 11 heteroatoms. The molecule has 0 amide bonds. The highest BCUT2D eigenvalue weighted by Crippen LogP contribution is 2.29. The number of benzene rings is 1. The van der Waals surface area contributed by atoms with Crippen LogP contribution in [0.3, 0.4) is 0 Å². The zero-order valence-electron chi connectivity index (χ0n) is 16.7. The Hall–Kier alpha value is -4.30. The van der Waals surface area contributed by atoms with Crippen molar-refractivity contribution in [1.29, 1.82) is 5.26 Å². The zero-order chi connectivity index (χ0) is 22.2. The number of hydrogen-bond acceptors (Lipinski definition) is 8. The maximum atomic E-state index is 14.7. The van der Waals surface area contributed by atoms with Gasteiger partial charge in [-0.2, -0.15) is 10.4 Å². The van der Waals surface area contributed by atoms with Gasteiger partial charge in [-0.15, -0.1) is 0 Å². The van der Waals surface area contributed by atoms with E-state index in [2.05, 4.69) is 25.1 Å². The molecule has 1 saturated heterocycles. The molecule has 3 aromatic heterocycles. The standard InChI is InChI=1S/C21H17FN8O2/c22-14-3-1-2-12(8-23)19(14)30-11-13(18-17(21(30)31)20(24)28-27-18)15-9-26-16(10-25-15)29-4-6-32-7-5-29/h1-3,9-11H,4-7H2,(H3,24,27,28). The summed E-state index contributed by atoms with van der Waals surface area (Å²) in [7, 11) is 0. The number of rotatable bonds is 3. The predicted molar refractivity (Wildman–Crippen MR) is 115 cm³/mol. The summed E-state index contributed by atoms with van der Waals surface area (Å²) in [6, 6.07) is 5.95. The zero-order valence-corrected chi connectivity index (χ0v) is 16.7. The second-order valence-electron chi connectivity index (χ2n) is 7.18. The Morgan fingerprint density at radius 1 is 1.22 bits per heavy atom. The highest BCUT2D eigenvalue weighted by atomic mass is 19.1. The third-order valence-corrected chi connectivity index (χ3v) is 5.35. The molecule has 1 fully saturated rings. The summed E-state index contributed by atoms with van der Waals surface area (Å²) in [6.45, 7) is 2.66. The molecule has 1 aliphatic rings. The molecular weight excluding hydrogens is 415 g/mol. The average Bonchev–Trinajstić information content (AvgIpc) is 3.22. The van der Waals surface area contributed by atoms with Gasteiger partial charge in [0.15, 0.2) is 5.82 Å². The lowest BCUT2D eigenvalue weighted by atomic mass is 10.1. The lowest BCUT2D eigenvalue weighted by molar-refractivity contribution is 0.122. The van der Waals surface area contributed by atoms with Crippen molar-refractivity contribution in [2.75, 3.05) is 36.9 Å². The molecule has 5 rings (SSSR count). The number of nitrogen functional groups attached to an aromatic ring is 1. The van der Waals surface area contributed by atoms with Crippen molar-refractivity contribution in [3.63, 3.8) is 0 Å². The van der Waals surface area contributed by atoms with Crippen molar-refractivity contribution < 1.29 is 9.13 Å². The van der Waals surface area contributed by atoms with Gasteiger partial charge in [0, 0.05) is 24.8 Å². The Morgan fingerprint density at radius 3 is 2.75 bits per heavy atom. The van der Waals surface area contributed by atoms with Gasteiger partial charge in [0.1, 0.15) is 28.8 Å². The number of anilines is 2. The van der Waals surface area contributed by atoms with Crippen LogP contribution in [0.5, 0.6) is 0 Å². The van der Waals surface area contributed by atoms with Crippen LogP contribution < -0.4 is 16.2 Å². The first kappa shape index (κ1) is 19.7. The fraction of sp³-hybridized carbons (Fsp3) is 0.190. The number of aromatic amines is 1. The van der Waals surface area contributed by atoms with E-state index in [-0.39, 0.29) is 22.5 Å². The molecule has 1 aromatic carbocycles. The number of hydrogen-bond donors (Lipinski definition) is 2. The van der Waals surface area contributed by atoms with Crippen LogP contribution >= 0.6 is 0 Å². The van der Waals surface area contributed by atoms with Crippen LogP contribution in [0.1, 0.15) is 5.56 Å². The first-order chi connectivity index (χ1) is 15.6. The van der Waals surface area contributed by atoms with Gasteiger partial charge in [0.05, 0.1) is 42.4 Å². The molecule has 0 radical (unpaired) electrons. The summed E-state index contributed by atoms with van der Waals surface area (Å²) < 4.78 is 21.1. The third-order valence-electron chi connectivity index (χ3n) is 5.35. The topological polar surface area (TPSA) is 139 Å². The molecule has 1 aliphatic heterocycles. The number of aromatic nitrogens is 5. The predicted octanol–water partition coefficient (Wildman–Crippen LogP) is 1.60. The molecule has 160 valence electrons. The van der Waals surface area contributed by atoms with E-state index in [1.165, 1.54) is 24.4 Å². The second-order valence-corrected chi connectivity index (χ2v) is 7.18. The summed E-state index contributed by atoms with van der Waals surface area (Å²) in [5.41, 5.74) is 6.40. The average molecular weight is 432 g/mol. The number of para-hydroxylation sites is 1. The lowest BCUT2D eigenvalue weighted by Crippen LogP contribution is -2.36. The molecule has 0 bridgehead atoms. The van der Waals surface area contributed by atoms with E-state index in [0.717, 1.165) is 4.57 Å². The Labute approximate surface area is 180 Å². The van der Waals surface area contributed by atoms with Gasteiger partial charge in [-0.3, -0.25) is 19.4 Å². The molecule has 0 saturated carbocycles. The van der Waals surface area contributed by atoms with Crippen molar-refractivity contribution >= 4 is 22.5 Å². The molecule has 3 N–H and O–H groups in total. The molecule has 0 atom stereocenters. The SMILES string of the molecule is N#Cc1cccc(F)c1-n1cc(-c2cnc(N3CCOCC3)cn2)c2[nH]nc(N)c2c1=O. The van der Waals surface area contributed by atoms with Crippen molar-refractivity contribution in [2.45, 2.75) is 0 Å².